The summed E-state index contributed by atoms with van der Waals surface area (Å²) in [7, 11) is 0. The molecular formula is C18H27NO2. The summed E-state index contributed by atoms with van der Waals surface area (Å²) >= 11 is 0. The molecule has 1 amide bonds. The molecule has 0 aliphatic heterocycles. The highest BCUT2D eigenvalue weighted by molar-refractivity contribution is 5.70. The fraction of sp³-hybridized carbons (Fsp3) is 0.611. The van der Waals surface area contributed by atoms with E-state index in [0.29, 0.717) is 17.7 Å². The average molecular weight is 289 g/mol. The van der Waals surface area contributed by atoms with Crippen LogP contribution < -0.4 is 10.1 Å². The lowest BCUT2D eigenvalue weighted by Crippen LogP contribution is -2.41. The first-order chi connectivity index (χ1) is 9.80. The smallest absolute Gasteiger partial charge is 0.410 e. The van der Waals surface area contributed by atoms with Crippen molar-refractivity contribution in [3.63, 3.8) is 0 Å². The number of hydrogen-bond donors (Lipinski definition) is 1. The number of ether oxygens (including phenoxy) is 1. The number of hydrogen-bond acceptors (Lipinski definition) is 2. The zero-order valence-corrected chi connectivity index (χ0v) is 13.7. The molecule has 0 spiro atoms. The molecule has 116 valence electrons. The third kappa shape index (κ3) is 4.48. The summed E-state index contributed by atoms with van der Waals surface area (Å²) in [6.45, 7) is 9.52. The second kappa shape index (κ2) is 6.08. The third-order valence-electron chi connectivity index (χ3n) is 4.49. The Kier molecular flexibility index (Phi) is 4.60. The van der Waals surface area contributed by atoms with Crippen molar-refractivity contribution in [3.05, 3.63) is 29.8 Å². The Balaban J connectivity index is 1.88. The zero-order chi connectivity index (χ0) is 15.5. The second-order valence-corrected chi connectivity index (χ2v) is 7.51. The number of para-hydroxylation sites is 1. The van der Waals surface area contributed by atoms with E-state index in [4.69, 9.17) is 4.74 Å². The van der Waals surface area contributed by atoms with Gasteiger partial charge in [0.1, 0.15) is 5.75 Å². The lowest BCUT2D eigenvalue weighted by atomic mass is 9.64. The van der Waals surface area contributed by atoms with Gasteiger partial charge in [-0.25, -0.2) is 4.79 Å². The Hall–Kier alpha value is -1.51. The first kappa shape index (κ1) is 15.9. The van der Waals surface area contributed by atoms with Crippen molar-refractivity contribution in [2.45, 2.75) is 53.4 Å². The number of nitrogens with one attached hydrogen (secondary N) is 1. The van der Waals surface area contributed by atoms with E-state index < -0.39 is 0 Å². The van der Waals surface area contributed by atoms with Crippen LogP contribution in [0.2, 0.25) is 0 Å². The monoisotopic (exact) mass is 289 g/mol. The second-order valence-electron chi connectivity index (χ2n) is 7.51. The van der Waals surface area contributed by atoms with E-state index in [1.165, 1.54) is 19.3 Å². The summed E-state index contributed by atoms with van der Waals surface area (Å²) < 4.78 is 5.38. The van der Waals surface area contributed by atoms with Crippen LogP contribution in [0.15, 0.2) is 24.3 Å². The van der Waals surface area contributed by atoms with Gasteiger partial charge < -0.3 is 10.1 Å². The average Bonchev–Trinajstić information content (AvgIpc) is 2.38. The van der Waals surface area contributed by atoms with E-state index >= 15 is 0 Å². The van der Waals surface area contributed by atoms with Gasteiger partial charge in [0.15, 0.2) is 0 Å². The predicted octanol–water partition coefficient (Wildman–Crippen LogP) is 4.69. The number of carbonyl (C=O) groups is 1. The van der Waals surface area contributed by atoms with Crippen LogP contribution in [0.3, 0.4) is 0 Å². The van der Waals surface area contributed by atoms with Crippen LogP contribution in [0.5, 0.6) is 5.75 Å². The largest absolute Gasteiger partial charge is 0.412 e. The van der Waals surface area contributed by atoms with Crippen molar-refractivity contribution in [1.29, 1.82) is 0 Å². The van der Waals surface area contributed by atoms with Crippen molar-refractivity contribution in [2.75, 3.05) is 6.54 Å². The first-order valence-electron chi connectivity index (χ1n) is 7.81. The molecule has 2 rings (SSSR count). The number of carbonyl (C=O) groups excluding carboxylic acids is 1. The molecule has 0 heterocycles. The first-order valence-corrected chi connectivity index (χ1v) is 7.81. The highest BCUT2D eigenvalue weighted by atomic mass is 16.6. The van der Waals surface area contributed by atoms with E-state index in [0.717, 1.165) is 12.0 Å². The highest BCUT2D eigenvalue weighted by Crippen LogP contribution is 2.45. The molecule has 1 unspecified atom stereocenters. The van der Waals surface area contributed by atoms with Crippen LogP contribution in [0.1, 0.15) is 52.0 Å². The maximum absolute atomic E-state index is 12.0. The SMILES string of the molecule is Cc1ccccc1OC(=O)NCC1(C)CCCC(C)(C)C1. The fourth-order valence-electron chi connectivity index (χ4n) is 3.57. The van der Waals surface area contributed by atoms with Gasteiger partial charge in [-0.1, -0.05) is 45.4 Å². The molecular weight excluding hydrogens is 262 g/mol. The van der Waals surface area contributed by atoms with Gasteiger partial charge in [-0.3, -0.25) is 0 Å². The number of aryl methyl sites for hydroxylation is 1. The predicted molar refractivity (Wildman–Crippen MR) is 85.6 cm³/mol. The van der Waals surface area contributed by atoms with Gasteiger partial charge in [0.05, 0.1) is 0 Å². The number of rotatable bonds is 3. The molecule has 1 N–H and O–H groups in total. The molecule has 1 aromatic carbocycles. The molecule has 3 heteroatoms. The molecule has 1 aliphatic carbocycles. The van der Waals surface area contributed by atoms with Crippen LogP contribution in [-0.4, -0.2) is 12.6 Å². The quantitative estimate of drug-likeness (QED) is 0.876. The summed E-state index contributed by atoms with van der Waals surface area (Å²) in [6.07, 6.45) is 4.47. The fourth-order valence-corrected chi connectivity index (χ4v) is 3.57. The van der Waals surface area contributed by atoms with Gasteiger partial charge in [-0.2, -0.15) is 0 Å². The molecule has 0 aromatic heterocycles. The Morgan fingerprint density at radius 1 is 1.24 bits per heavy atom. The van der Waals surface area contributed by atoms with Gasteiger partial charge in [-0.05, 0) is 48.6 Å². The van der Waals surface area contributed by atoms with E-state index in [1.807, 2.05) is 31.2 Å². The topological polar surface area (TPSA) is 38.3 Å². The van der Waals surface area contributed by atoms with Crippen molar-refractivity contribution >= 4 is 6.09 Å². The molecule has 1 aromatic rings. The van der Waals surface area contributed by atoms with Gasteiger partial charge in [0.25, 0.3) is 0 Å². The maximum Gasteiger partial charge on any atom is 0.412 e. The summed E-state index contributed by atoms with van der Waals surface area (Å²) in [5.74, 6) is 0.629. The molecule has 21 heavy (non-hydrogen) atoms. The van der Waals surface area contributed by atoms with Gasteiger partial charge >= 0.3 is 6.09 Å². The summed E-state index contributed by atoms with van der Waals surface area (Å²) in [5.41, 5.74) is 1.51. The van der Waals surface area contributed by atoms with Crippen molar-refractivity contribution in [1.82, 2.24) is 5.32 Å². The minimum atomic E-state index is -0.353. The Labute approximate surface area is 128 Å². The van der Waals surface area contributed by atoms with Crippen LogP contribution >= 0.6 is 0 Å². The van der Waals surface area contributed by atoms with Gasteiger partial charge in [0.2, 0.25) is 0 Å². The van der Waals surface area contributed by atoms with Crippen molar-refractivity contribution < 1.29 is 9.53 Å². The van der Waals surface area contributed by atoms with Crippen molar-refractivity contribution in [3.8, 4) is 5.75 Å². The lowest BCUT2D eigenvalue weighted by molar-refractivity contribution is 0.0969. The normalized spacial score (nSPS) is 24.4. The van der Waals surface area contributed by atoms with E-state index in [-0.39, 0.29) is 11.5 Å². The minimum absolute atomic E-state index is 0.173. The van der Waals surface area contributed by atoms with Gasteiger partial charge in [-0.15, -0.1) is 0 Å². The Bertz CT molecular complexity index is 510. The molecule has 0 saturated heterocycles. The van der Waals surface area contributed by atoms with Crippen LogP contribution in [-0.2, 0) is 0 Å². The molecule has 1 fully saturated rings. The molecule has 0 bridgehead atoms. The Morgan fingerprint density at radius 3 is 2.62 bits per heavy atom. The number of benzene rings is 1. The van der Waals surface area contributed by atoms with Crippen molar-refractivity contribution in [2.24, 2.45) is 10.8 Å². The number of amides is 1. The van der Waals surface area contributed by atoms with Gasteiger partial charge in [0, 0.05) is 6.54 Å². The highest BCUT2D eigenvalue weighted by Gasteiger charge is 2.36. The summed E-state index contributed by atoms with van der Waals surface area (Å²) in [4.78, 5) is 12.0. The van der Waals surface area contributed by atoms with E-state index in [9.17, 15) is 4.79 Å². The van der Waals surface area contributed by atoms with Crippen LogP contribution in [0.4, 0.5) is 4.79 Å². The standard InChI is InChI=1S/C18H27NO2/c1-14-8-5-6-9-15(14)21-16(20)19-13-18(4)11-7-10-17(2,3)12-18/h5-6,8-9H,7,10-13H2,1-4H3,(H,19,20). The summed E-state index contributed by atoms with van der Waals surface area (Å²) in [6, 6.07) is 7.57. The molecule has 1 aliphatic rings. The van der Waals surface area contributed by atoms with E-state index in [2.05, 4.69) is 26.1 Å². The lowest BCUT2D eigenvalue weighted by Gasteiger charge is -2.42. The molecule has 0 radical (unpaired) electrons. The van der Waals surface area contributed by atoms with Crippen LogP contribution in [0.25, 0.3) is 0 Å². The molecule has 3 nitrogen and oxygen atoms in total. The minimum Gasteiger partial charge on any atom is -0.410 e. The molecule has 1 saturated carbocycles. The maximum atomic E-state index is 12.0. The van der Waals surface area contributed by atoms with E-state index in [1.54, 1.807) is 0 Å². The zero-order valence-electron chi connectivity index (χ0n) is 13.7. The third-order valence-corrected chi connectivity index (χ3v) is 4.49. The Morgan fingerprint density at radius 2 is 1.95 bits per heavy atom. The van der Waals surface area contributed by atoms with Crippen LogP contribution in [0, 0.1) is 17.8 Å². The summed E-state index contributed by atoms with van der Waals surface area (Å²) in [5, 5.41) is 2.95. The molecule has 1 atom stereocenters.